The van der Waals surface area contributed by atoms with Gasteiger partial charge in [0.15, 0.2) is 0 Å². The van der Waals surface area contributed by atoms with Crippen LogP contribution in [0.1, 0.15) is 21.7 Å². The van der Waals surface area contributed by atoms with E-state index in [2.05, 4.69) is 10.3 Å². The normalized spacial score (nSPS) is 10.9. The molecule has 0 aliphatic carbocycles. The van der Waals surface area contributed by atoms with Crippen molar-refractivity contribution in [1.29, 1.82) is 0 Å². The van der Waals surface area contributed by atoms with Crippen LogP contribution in [0.5, 0.6) is 5.75 Å². The average molecular weight is 375 g/mol. The molecule has 3 aromatic heterocycles. The van der Waals surface area contributed by atoms with Crippen LogP contribution in [0.15, 0.2) is 71.5 Å². The molecule has 0 aliphatic heterocycles. The van der Waals surface area contributed by atoms with Gasteiger partial charge in [0.05, 0.1) is 19.9 Å². The number of carbonyl (C=O) groups is 1. The predicted molar refractivity (Wildman–Crippen MR) is 107 cm³/mol. The number of carbonyl (C=O) groups excluding carboxylic acids is 1. The van der Waals surface area contributed by atoms with Gasteiger partial charge in [-0.05, 0) is 42.0 Å². The van der Waals surface area contributed by atoms with E-state index in [0.717, 1.165) is 22.4 Å². The molecule has 4 aromatic rings. The molecule has 3 heterocycles. The zero-order valence-electron chi connectivity index (χ0n) is 15.6. The van der Waals surface area contributed by atoms with Crippen molar-refractivity contribution in [2.75, 3.05) is 13.7 Å². The number of ether oxygens (including phenoxy) is 1. The van der Waals surface area contributed by atoms with E-state index < -0.39 is 0 Å². The van der Waals surface area contributed by atoms with Crippen LogP contribution in [0.25, 0.3) is 11.1 Å². The van der Waals surface area contributed by atoms with E-state index >= 15 is 0 Å². The number of methoxy groups -OCH3 is 1. The molecule has 0 spiro atoms. The average Bonchev–Trinajstić information content (AvgIpc) is 3.32. The molecule has 1 aromatic carbocycles. The highest BCUT2D eigenvalue weighted by molar-refractivity contribution is 5.97. The molecule has 0 fully saturated rings. The minimum Gasteiger partial charge on any atom is -0.497 e. The summed E-state index contributed by atoms with van der Waals surface area (Å²) in [4.78, 5) is 17.1. The number of nitrogens with one attached hydrogen (secondary N) is 1. The van der Waals surface area contributed by atoms with Crippen LogP contribution in [0.2, 0.25) is 0 Å². The third-order valence-corrected chi connectivity index (χ3v) is 4.60. The Balaban J connectivity index is 1.54. The van der Waals surface area contributed by atoms with Gasteiger partial charge in [-0.1, -0.05) is 18.2 Å². The topological polar surface area (TPSA) is 69.3 Å². The maximum absolute atomic E-state index is 12.8. The second kappa shape index (κ2) is 8.00. The molecule has 0 radical (unpaired) electrons. The van der Waals surface area contributed by atoms with Crippen LogP contribution in [0.4, 0.5) is 0 Å². The lowest BCUT2D eigenvalue weighted by molar-refractivity contribution is 0.0945. The van der Waals surface area contributed by atoms with Gasteiger partial charge in [-0.15, -0.1) is 0 Å². The summed E-state index contributed by atoms with van der Waals surface area (Å²) in [6.07, 6.45) is 4.07. The fourth-order valence-corrected chi connectivity index (χ4v) is 3.21. The van der Waals surface area contributed by atoms with Crippen molar-refractivity contribution in [2.24, 2.45) is 0 Å². The first-order valence-electron chi connectivity index (χ1n) is 9.12. The summed E-state index contributed by atoms with van der Waals surface area (Å²) in [7, 11) is 1.64. The Kier molecular flexibility index (Phi) is 5.10. The number of hydrogen-bond acceptors (Lipinski definition) is 4. The standard InChI is InChI=1S/C22H21N3O3/c1-27-19-7-4-5-16(13-19)15-25-20(14-17-9-12-28-22(17)25)21(26)24-11-8-18-6-2-3-10-23-18/h2-7,9-10,12-14H,8,11,15H2,1H3,(H,24,26). The van der Waals surface area contributed by atoms with Gasteiger partial charge >= 0.3 is 0 Å². The summed E-state index contributed by atoms with van der Waals surface area (Å²) in [5.41, 5.74) is 3.22. The lowest BCUT2D eigenvalue weighted by Crippen LogP contribution is -2.28. The van der Waals surface area contributed by atoms with Crippen LogP contribution in [0.3, 0.4) is 0 Å². The molecule has 0 aliphatic rings. The van der Waals surface area contributed by atoms with Crippen molar-refractivity contribution < 1.29 is 13.9 Å². The summed E-state index contributed by atoms with van der Waals surface area (Å²) in [5, 5.41) is 3.88. The number of nitrogens with zero attached hydrogens (tertiary/aromatic N) is 2. The molecule has 0 atom stereocenters. The Morgan fingerprint density at radius 2 is 2.11 bits per heavy atom. The van der Waals surface area contributed by atoms with Crippen molar-refractivity contribution in [2.45, 2.75) is 13.0 Å². The number of rotatable bonds is 7. The van der Waals surface area contributed by atoms with Crippen molar-refractivity contribution in [3.05, 3.63) is 84.0 Å². The van der Waals surface area contributed by atoms with Gasteiger partial charge < -0.3 is 19.0 Å². The molecule has 1 amide bonds. The van der Waals surface area contributed by atoms with E-state index in [-0.39, 0.29) is 5.91 Å². The predicted octanol–water partition coefficient (Wildman–Crippen LogP) is 3.66. The molecule has 6 heteroatoms. The molecular formula is C22H21N3O3. The van der Waals surface area contributed by atoms with E-state index in [9.17, 15) is 4.79 Å². The highest BCUT2D eigenvalue weighted by Crippen LogP contribution is 2.23. The van der Waals surface area contributed by atoms with Gasteiger partial charge in [0.1, 0.15) is 11.4 Å². The van der Waals surface area contributed by atoms with Crippen LogP contribution in [0, 0.1) is 0 Å². The number of benzene rings is 1. The summed E-state index contributed by atoms with van der Waals surface area (Å²) >= 11 is 0. The van der Waals surface area contributed by atoms with Gasteiger partial charge in [-0.25, -0.2) is 0 Å². The molecule has 142 valence electrons. The summed E-state index contributed by atoms with van der Waals surface area (Å²) < 4.78 is 12.8. The summed E-state index contributed by atoms with van der Waals surface area (Å²) in [6, 6.07) is 17.3. The lowest BCUT2D eigenvalue weighted by atomic mass is 10.2. The first-order chi connectivity index (χ1) is 13.7. The van der Waals surface area contributed by atoms with E-state index in [4.69, 9.17) is 9.15 Å². The molecular weight excluding hydrogens is 354 g/mol. The molecule has 6 nitrogen and oxygen atoms in total. The minimum atomic E-state index is -0.134. The number of pyridine rings is 1. The van der Waals surface area contributed by atoms with Crippen molar-refractivity contribution >= 4 is 17.0 Å². The van der Waals surface area contributed by atoms with Crippen LogP contribution in [-0.2, 0) is 13.0 Å². The fourth-order valence-electron chi connectivity index (χ4n) is 3.21. The Morgan fingerprint density at radius 1 is 1.18 bits per heavy atom. The Labute approximate surface area is 162 Å². The smallest absolute Gasteiger partial charge is 0.268 e. The van der Waals surface area contributed by atoms with Crippen molar-refractivity contribution in [3.8, 4) is 5.75 Å². The Bertz CT molecular complexity index is 1080. The zero-order chi connectivity index (χ0) is 19.3. The van der Waals surface area contributed by atoms with Crippen LogP contribution >= 0.6 is 0 Å². The molecule has 0 saturated carbocycles. The SMILES string of the molecule is COc1cccc(Cn2c(C(=O)NCCc3ccccn3)cc3ccoc32)c1. The first-order valence-corrected chi connectivity index (χ1v) is 9.12. The van der Waals surface area contributed by atoms with Gasteiger partial charge in [-0.2, -0.15) is 0 Å². The molecule has 28 heavy (non-hydrogen) atoms. The number of hydrogen-bond donors (Lipinski definition) is 1. The molecule has 0 saturated heterocycles. The van der Waals surface area contributed by atoms with E-state index in [1.807, 2.05) is 59.2 Å². The highest BCUT2D eigenvalue weighted by Gasteiger charge is 2.18. The van der Waals surface area contributed by atoms with E-state index in [1.54, 1.807) is 19.6 Å². The lowest BCUT2D eigenvalue weighted by Gasteiger charge is -2.11. The minimum absolute atomic E-state index is 0.134. The largest absolute Gasteiger partial charge is 0.497 e. The molecule has 0 unspecified atom stereocenters. The van der Waals surface area contributed by atoms with Crippen molar-refractivity contribution in [1.82, 2.24) is 14.9 Å². The fraction of sp³-hybridized carbons (Fsp3) is 0.182. The highest BCUT2D eigenvalue weighted by atomic mass is 16.5. The molecule has 4 rings (SSSR count). The molecule has 0 bridgehead atoms. The van der Waals surface area contributed by atoms with E-state index in [0.29, 0.717) is 30.9 Å². The maximum Gasteiger partial charge on any atom is 0.268 e. The number of aromatic nitrogens is 2. The van der Waals surface area contributed by atoms with Gasteiger partial charge in [0.25, 0.3) is 5.91 Å². The second-order valence-electron chi connectivity index (χ2n) is 6.48. The first kappa shape index (κ1) is 17.9. The van der Waals surface area contributed by atoms with Gasteiger partial charge in [0.2, 0.25) is 5.71 Å². The Hall–Kier alpha value is -3.54. The number of amides is 1. The third kappa shape index (κ3) is 3.76. The van der Waals surface area contributed by atoms with E-state index in [1.165, 1.54) is 0 Å². The van der Waals surface area contributed by atoms with Crippen LogP contribution in [-0.4, -0.2) is 29.1 Å². The number of fused-ring (bicyclic) bond motifs is 1. The quantitative estimate of drug-likeness (QED) is 0.535. The zero-order valence-corrected chi connectivity index (χ0v) is 15.6. The van der Waals surface area contributed by atoms with Crippen LogP contribution < -0.4 is 10.1 Å². The molecule has 1 N–H and O–H groups in total. The summed E-state index contributed by atoms with van der Waals surface area (Å²) in [5.74, 6) is 0.645. The van der Waals surface area contributed by atoms with Gasteiger partial charge in [0, 0.05) is 30.2 Å². The Morgan fingerprint density at radius 3 is 2.93 bits per heavy atom. The monoisotopic (exact) mass is 375 g/mol. The second-order valence-corrected chi connectivity index (χ2v) is 6.48. The van der Waals surface area contributed by atoms with Gasteiger partial charge in [-0.3, -0.25) is 9.78 Å². The summed E-state index contributed by atoms with van der Waals surface area (Å²) in [6.45, 7) is 1.03. The third-order valence-electron chi connectivity index (χ3n) is 4.60. The number of furan rings is 1. The maximum atomic E-state index is 12.8. The van der Waals surface area contributed by atoms with Crippen molar-refractivity contribution in [3.63, 3.8) is 0 Å².